The van der Waals surface area contributed by atoms with Crippen LogP contribution < -0.4 is 0 Å². The van der Waals surface area contributed by atoms with Gasteiger partial charge < -0.3 is 9.67 Å². The topological polar surface area (TPSA) is 80.9 Å². The summed E-state index contributed by atoms with van der Waals surface area (Å²) in [6.07, 6.45) is 3.00. The molecule has 0 aliphatic heterocycles. The summed E-state index contributed by atoms with van der Waals surface area (Å²) in [5.74, 6) is 0.0648. The van der Waals surface area contributed by atoms with E-state index in [1.165, 1.54) is 0 Å². The summed E-state index contributed by atoms with van der Waals surface area (Å²) in [6, 6.07) is 15.0. The summed E-state index contributed by atoms with van der Waals surface area (Å²) < 4.78 is 3.46. The molecule has 0 aliphatic rings. The van der Waals surface area contributed by atoms with Crippen LogP contribution in [0.2, 0.25) is 0 Å². The Morgan fingerprint density at radius 2 is 1.74 bits per heavy atom. The van der Waals surface area contributed by atoms with Gasteiger partial charge in [0.1, 0.15) is 16.9 Å². The number of nitrogens with zero attached hydrogens (tertiary/aromatic N) is 4. The van der Waals surface area contributed by atoms with Crippen molar-refractivity contribution in [3.05, 3.63) is 74.7 Å². The van der Waals surface area contributed by atoms with Crippen molar-refractivity contribution in [3.8, 4) is 11.1 Å². The van der Waals surface area contributed by atoms with Gasteiger partial charge in [-0.3, -0.25) is 0 Å². The minimum absolute atomic E-state index is 0.296. The predicted molar refractivity (Wildman–Crippen MR) is 127 cm³/mol. The largest absolute Gasteiger partial charge is 0.478 e. The summed E-state index contributed by atoms with van der Waals surface area (Å²) in [5, 5.41) is 17.8. The Labute approximate surface area is 196 Å². The smallest absolute Gasteiger partial charge is 0.336 e. The summed E-state index contributed by atoms with van der Waals surface area (Å²) in [7, 11) is 0. The second-order valence-corrected chi connectivity index (χ2v) is 8.75. The predicted octanol–water partition coefficient (Wildman–Crippen LogP) is 6.11. The van der Waals surface area contributed by atoms with Crippen molar-refractivity contribution >= 4 is 48.9 Å². The quantitative estimate of drug-likeness (QED) is 0.304. The fraction of sp³-hybridized carbons (Fsp3) is 0.217. The number of unbranched alkanes of at least 4 members (excludes halogenated alkanes) is 1. The lowest BCUT2D eigenvalue weighted by Gasteiger charge is -2.11. The van der Waals surface area contributed by atoms with Crippen LogP contribution >= 0.6 is 31.9 Å². The number of carboxylic acid groups (broad SMARTS) is 1. The minimum atomic E-state index is -0.929. The molecule has 0 radical (unpaired) electrons. The Morgan fingerprint density at radius 3 is 2.45 bits per heavy atom. The zero-order valence-corrected chi connectivity index (χ0v) is 20.0. The Balaban J connectivity index is 1.72. The van der Waals surface area contributed by atoms with Crippen molar-refractivity contribution in [2.24, 2.45) is 0 Å². The SMILES string of the molecule is CCCCc1nc2c(Br)nnc(Br)c2n1Cc1ccc(-c2ccccc2C(=O)O)cc1. The number of aryl methyl sites for hydroxylation is 1. The number of hydrogen-bond donors (Lipinski definition) is 1. The first-order valence-corrected chi connectivity index (χ1v) is 11.6. The average molecular weight is 544 g/mol. The van der Waals surface area contributed by atoms with E-state index in [4.69, 9.17) is 4.98 Å². The third kappa shape index (κ3) is 4.41. The van der Waals surface area contributed by atoms with Crippen molar-refractivity contribution in [2.75, 3.05) is 0 Å². The molecule has 0 spiro atoms. The molecule has 0 saturated heterocycles. The van der Waals surface area contributed by atoms with Crippen LogP contribution in [0, 0.1) is 0 Å². The second kappa shape index (κ2) is 9.28. The molecular weight excluding hydrogens is 524 g/mol. The number of fused-ring (bicyclic) bond motifs is 1. The Bertz CT molecular complexity index is 1250. The summed E-state index contributed by atoms with van der Waals surface area (Å²) in [6.45, 7) is 2.79. The lowest BCUT2D eigenvalue weighted by molar-refractivity contribution is 0.0697. The molecule has 1 N–H and O–H groups in total. The van der Waals surface area contributed by atoms with E-state index in [2.05, 4.69) is 53.5 Å². The fourth-order valence-corrected chi connectivity index (χ4v) is 4.46. The van der Waals surface area contributed by atoms with Gasteiger partial charge in [-0.05, 0) is 61.0 Å². The highest BCUT2D eigenvalue weighted by molar-refractivity contribution is 9.11. The summed E-state index contributed by atoms with van der Waals surface area (Å²) in [5.41, 5.74) is 4.67. The molecule has 0 amide bonds. The van der Waals surface area contributed by atoms with Crippen molar-refractivity contribution in [1.82, 2.24) is 19.7 Å². The molecule has 4 aromatic rings. The molecule has 8 heteroatoms. The number of rotatable bonds is 7. The maximum Gasteiger partial charge on any atom is 0.336 e. The van der Waals surface area contributed by atoms with Gasteiger partial charge in [-0.25, -0.2) is 9.78 Å². The number of benzene rings is 2. The molecule has 2 heterocycles. The summed E-state index contributed by atoms with van der Waals surface area (Å²) in [4.78, 5) is 16.4. The van der Waals surface area contributed by atoms with Crippen LogP contribution in [0.4, 0.5) is 0 Å². The lowest BCUT2D eigenvalue weighted by Crippen LogP contribution is -2.06. The van der Waals surface area contributed by atoms with Gasteiger partial charge in [-0.1, -0.05) is 55.8 Å². The van der Waals surface area contributed by atoms with Crippen molar-refractivity contribution in [1.29, 1.82) is 0 Å². The number of carboxylic acids is 1. The van der Waals surface area contributed by atoms with Crippen molar-refractivity contribution in [3.63, 3.8) is 0 Å². The first-order chi connectivity index (χ1) is 15.0. The fourth-order valence-electron chi connectivity index (χ4n) is 3.62. The number of imidazole rings is 1. The third-order valence-corrected chi connectivity index (χ3v) is 6.25. The number of halogens is 2. The number of aromatic carboxylic acids is 1. The van der Waals surface area contributed by atoms with E-state index in [1.807, 2.05) is 36.4 Å². The molecule has 6 nitrogen and oxygen atoms in total. The van der Waals surface area contributed by atoms with Crippen molar-refractivity contribution in [2.45, 2.75) is 32.7 Å². The number of hydrogen-bond acceptors (Lipinski definition) is 4. The molecule has 0 bridgehead atoms. The molecule has 158 valence electrons. The van der Waals surface area contributed by atoms with Gasteiger partial charge in [0.25, 0.3) is 0 Å². The molecule has 0 fully saturated rings. The van der Waals surface area contributed by atoms with E-state index >= 15 is 0 Å². The normalized spacial score (nSPS) is 11.2. The third-order valence-electron chi connectivity index (χ3n) is 5.18. The van der Waals surface area contributed by atoms with E-state index in [1.54, 1.807) is 12.1 Å². The number of aromatic nitrogens is 4. The maximum absolute atomic E-state index is 11.6. The van der Waals surface area contributed by atoms with Crippen LogP contribution in [0.3, 0.4) is 0 Å². The first-order valence-electron chi connectivity index (χ1n) is 9.98. The maximum atomic E-state index is 11.6. The van der Waals surface area contributed by atoms with E-state index in [-0.39, 0.29) is 0 Å². The molecule has 0 atom stereocenters. The molecule has 0 aliphatic carbocycles. The molecule has 31 heavy (non-hydrogen) atoms. The van der Waals surface area contributed by atoms with Gasteiger partial charge in [0.15, 0.2) is 9.21 Å². The molecule has 2 aromatic carbocycles. The van der Waals surface area contributed by atoms with E-state index in [0.29, 0.717) is 26.9 Å². The van der Waals surface area contributed by atoms with Crippen LogP contribution in [0.5, 0.6) is 0 Å². The zero-order valence-electron chi connectivity index (χ0n) is 16.8. The van der Waals surface area contributed by atoms with Crippen LogP contribution in [0.25, 0.3) is 22.2 Å². The highest BCUT2D eigenvalue weighted by atomic mass is 79.9. The van der Waals surface area contributed by atoms with E-state index in [0.717, 1.165) is 47.2 Å². The first kappa shape index (κ1) is 21.6. The second-order valence-electron chi connectivity index (χ2n) is 7.24. The molecular formula is C23H20Br2N4O2. The van der Waals surface area contributed by atoms with Gasteiger partial charge in [0.2, 0.25) is 0 Å². The van der Waals surface area contributed by atoms with Gasteiger partial charge in [-0.2, -0.15) is 0 Å². The monoisotopic (exact) mass is 542 g/mol. The Morgan fingerprint density at radius 1 is 1.03 bits per heavy atom. The van der Waals surface area contributed by atoms with E-state index < -0.39 is 5.97 Å². The van der Waals surface area contributed by atoms with Gasteiger partial charge in [0.05, 0.1) is 5.56 Å². The van der Waals surface area contributed by atoms with Crippen LogP contribution in [-0.2, 0) is 13.0 Å². The zero-order chi connectivity index (χ0) is 22.0. The van der Waals surface area contributed by atoms with Gasteiger partial charge in [0, 0.05) is 13.0 Å². The highest BCUT2D eigenvalue weighted by Gasteiger charge is 2.18. The van der Waals surface area contributed by atoms with Crippen molar-refractivity contribution < 1.29 is 9.90 Å². The minimum Gasteiger partial charge on any atom is -0.478 e. The van der Waals surface area contributed by atoms with Gasteiger partial charge >= 0.3 is 5.97 Å². The lowest BCUT2D eigenvalue weighted by atomic mass is 9.99. The molecule has 2 aromatic heterocycles. The molecule has 0 unspecified atom stereocenters. The Kier molecular flexibility index (Phi) is 6.48. The summed E-state index contributed by atoms with van der Waals surface area (Å²) >= 11 is 7.00. The van der Waals surface area contributed by atoms with Crippen LogP contribution in [0.1, 0.15) is 41.5 Å². The number of carbonyl (C=O) groups is 1. The van der Waals surface area contributed by atoms with Crippen LogP contribution in [-0.4, -0.2) is 30.8 Å². The Hall–Kier alpha value is -2.58. The van der Waals surface area contributed by atoms with E-state index in [9.17, 15) is 9.90 Å². The highest BCUT2D eigenvalue weighted by Crippen LogP contribution is 2.30. The molecule has 4 rings (SSSR count). The standard InChI is InChI=1S/C23H20Br2N4O2/c1-2-3-8-18-26-19-20(22(25)28-27-21(19)24)29(18)13-14-9-11-15(12-10-14)16-6-4-5-7-17(16)23(30)31/h4-7,9-12H,2-3,8,13H2,1H3,(H,30,31). The average Bonchev–Trinajstić information content (AvgIpc) is 3.14. The van der Waals surface area contributed by atoms with Gasteiger partial charge in [-0.15, -0.1) is 10.2 Å². The van der Waals surface area contributed by atoms with Crippen LogP contribution in [0.15, 0.2) is 57.7 Å². The molecule has 0 saturated carbocycles.